The van der Waals surface area contributed by atoms with Crippen LogP contribution < -0.4 is 4.90 Å². The Morgan fingerprint density at radius 2 is 2.21 bits per heavy atom. The van der Waals surface area contributed by atoms with E-state index in [1.54, 1.807) is 6.20 Å². The van der Waals surface area contributed by atoms with E-state index in [2.05, 4.69) is 34.9 Å². The second kappa shape index (κ2) is 4.76. The minimum absolute atomic E-state index is 0.0445. The van der Waals surface area contributed by atoms with Crippen molar-refractivity contribution < 1.29 is 4.79 Å². The maximum atomic E-state index is 12.7. The van der Waals surface area contributed by atoms with Gasteiger partial charge in [-0.2, -0.15) is 5.10 Å². The minimum Gasteiger partial charge on any atom is -0.289 e. The molecule has 0 bridgehead atoms. The van der Waals surface area contributed by atoms with E-state index < -0.39 is 0 Å². The highest BCUT2D eigenvalue weighted by Gasteiger charge is 2.33. The van der Waals surface area contributed by atoms with Crippen molar-refractivity contribution in [2.45, 2.75) is 32.4 Å². The molecule has 0 aromatic carbocycles. The van der Waals surface area contributed by atoms with Gasteiger partial charge in [-0.05, 0) is 47.6 Å². The van der Waals surface area contributed by atoms with Crippen molar-refractivity contribution in [3.05, 3.63) is 33.1 Å². The molecule has 0 unspecified atom stereocenters. The summed E-state index contributed by atoms with van der Waals surface area (Å²) in [5.74, 6) is 0.930. The number of halogens is 1. The van der Waals surface area contributed by atoms with Crippen LogP contribution >= 0.6 is 27.3 Å². The predicted octanol–water partition coefficient (Wildman–Crippen LogP) is 3.71. The molecular formula is C13H14BrN3OS. The van der Waals surface area contributed by atoms with Crippen LogP contribution in [0.2, 0.25) is 0 Å². The van der Waals surface area contributed by atoms with Crippen molar-refractivity contribution in [2.24, 2.45) is 0 Å². The molecule has 0 radical (unpaired) electrons. The summed E-state index contributed by atoms with van der Waals surface area (Å²) in [6.07, 6.45) is 2.68. The van der Waals surface area contributed by atoms with E-state index >= 15 is 0 Å². The van der Waals surface area contributed by atoms with E-state index in [1.807, 2.05) is 27.1 Å². The average Bonchev–Trinajstić information content (AvgIpc) is 2.97. The Morgan fingerprint density at radius 1 is 1.42 bits per heavy atom. The Kier molecular flexibility index (Phi) is 3.22. The number of hydrogen-bond donors (Lipinski definition) is 0. The second-order valence-electron chi connectivity index (χ2n) is 4.84. The van der Waals surface area contributed by atoms with E-state index in [4.69, 9.17) is 0 Å². The highest BCUT2D eigenvalue weighted by atomic mass is 79.9. The van der Waals surface area contributed by atoms with E-state index in [0.717, 1.165) is 21.6 Å². The summed E-state index contributed by atoms with van der Waals surface area (Å²) < 4.78 is 2.79. The summed E-state index contributed by atoms with van der Waals surface area (Å²) in [7, 11) is 0. The average molecular weight is 340 g/mol. The lowest BCUT2D eigenvalue weighted by Crippen LogP contribution is -2.44. The smallest absolute Gasteiger partial charge is 0.270 e. The van der Waals surface area contributed by atoms with Crippen molar-refractivity contribution in [1.29, 1.82) is 0 Å². The summed E-state index contributed by atoms with van der Waals surface area (Å²) in [6.45, 7) is 4.22. The van der Waals surface area contributed by atoms with E-state index in [-0.39, 0.29) is 11.9 Å². The van der Waals surface area contributed by atoms with Gasteiger partial charge in [0.2, 0.25) is 0 Å². The number of rotatable bonds is 1. The number of anilines is 1. The van der Waals surface area contributed by atoms with Crippen molar-refractivity contribution in [3.8, 4) is 0 Å². The molecule has 4 nitrogen and oxygen atoms in total. The topological polar surface area (TPSA) is 38.1 Å². The molecule has 1 aliphatic rings. The number of hydrogen-bond acceptors (Lipinski definition) is 3. The second-order valence-corrected chi connectivity index (χ2v) is 6.61. The maximum Gasteiger partial charge on any atom is 0.270 e. The monoisotopic (exact) mass is 339 g/mol. The molecule has 0 aliphatic carbocycles. The molecule has 2 aromatic heterocycles. The van der Waals surface area contributed by atoms with Crippen LogP contribution in [0.4, 0.5) is 5.82 Å². The zero-order chi connectivity index (χ0) is 13.6. The summed E-state index contributed by atoms with van der Waals surface area (Å²) in [4.78, 5) is 15.3. The van der Waals surface area contributed by atoms with Gasteiger partial charge in [0.1, 0.15) is 10.7 Å². The van der Waals surface area contributed by atoms with Gasteiger partial charge in [-0.1, -0.05) is 0 Å². The van der Waals surface area contributed by atoms with Crippen molar-refractivity contribution >= 4 is 39.0 Å². The molecule has 0 N–H and O–H groups in total. The lowest BCUT2D eigenvalue weighted by Gasteiger charge is -2.36. The van der Waals surface area contributed by atoms with Crippen LogP contribution in [0.15, 0.2) is 28.2 Å². The molecule has 3 heterocycles. The van der Waals surface area contributed by atoms with Crippen molar-refractivity contribution in [2.75, 3.05) is 4.90 Å². The van der Waals surface area contributed by atoms with Gasteiger partial charge in [0.25, 0.3) is 5.91 Å². The highest BCUT2D eigenvalue weighted by molar-refractivity contribution is 9.10. The third-order valence-electron chi connectivity index (χ3n) is 3.47. The zero-order valence-corrected chi connectivity index (χ0v) is 13.1. The Bertz CT molecular complexity index is 621. The van der Waals surface area contributed by atoms with Crippen molar-refractivity contribution in [3.63, 3.8) is 0 Å². The van der Waals surface area contributed by atoms with Gasteiger partial charge in [-0.3, -0.25) is 9.69 Å². The van der Waals surface area contributed by atoms with Gasteiger partial charge < -0.3 is 0 Å². The highest BCUT2D eigenvalue weighted by Crippen LogP contribution is 2.34. The van der Waals surface area contributed by atoms with Gasteiger partial charge in [0, 0.05) is 16.6 Å². The van der Waals surface area contributed by atoms with Gasteiger partial charge in [0.05, 0.1) is 12.2 Å². The van der Waals surface area contributed by atoms with Crippen LogP contribution in [0, 0.1) is 0 Å². The molecule has 2 aromatic rings. The van der Waals surface area contributed by atoms with Gasteiger partial charge in [0.15, 0.2) is 0 Å². The number of amides is 1. The first-order chi connectivity index (χ1) is 9.09. The normalized spacial score (nSPS) is 22.4. The summed E-state index contributed by atoms with van der Waals surface area (Å²) in [5.41, 5.74) is 0. The van der Waals surface area contributed by atoms with Crippen LogP contribution in [0.5, 0.6) is 0 Å². The number of nitrogens with zero attached hydrogens (tertiary/aromatic N) is 3. The predicted molar refractivity (Wildman–Crippen MR) is 79.8 cm³/mol. The number of thiophene rings is 1. The number of aromatic nitrogens is 2. The van der Waals surface area contributed by atoms with E-state index in [9.17, 15) is 4.79 Å². The minimum atomic E-state index is 0.0445. The Balaban J connectivity index is 2.04. The SMILES string of the molecule is C[C@H]1C[C@H](C)n2nccc2N1C(=O)c1sccc1Br. The fraction of sp³-hybridized carbons (Fsp3) is 0.385. The first kappa shape index (κ1) is 12.9. The summed E-state index contributed by atoms with van der Waals surface area (Å²) in [6, 6.07) is 4.33. The molecule has 2 atom stereocenters. The molecule has 0 spiro atoms. The summed E-state index contributed by atoms with van der Waals surface area (Å²) in [5, 5.41) is 6.25. The van der Waals surface area contributed by atoms with Crippen molar-refractivity contribution in [1.82, 2.24) is 9.78 Å². The number of carbonyl (C=O) groups excluding carboxylic acids is 1. The Hall–Kier alpha value is -1.14. The van der Waals surface area contributed by atoms with Crippen LogP contribution in [0.25, 0.3) is 0 Å². The largest absolute Gasteiger partial charge is 0.289 e. The fourth-order valence-electron chi connectivity index (χ4n) is 2.62. The molecule has 19 heavy (non-hydrogen) atoms. The van der Waals surface area contributed by atoms with Crippen LogP contribution in [-0.4, -0.2) is 21.7 Å². The fourth-order valence-corrected chi connectivity index (χ4v) is 4.10. The third-order valence-corrected chi connectivity index (χ3v) is 5.29. The van der Waals surface area contributed by atoms with Crippen LogP contribution in [0.1, 0.15) is 36.0 Å². The molecule has 0 saturated heterocycles. The molecule has 6 heteroatoms. The molecule has 0 fully saturated rings. The zero-order valence-electron chi connectivity index (χ0n) is 10.7. The standard InChI is InChI=1S/C13H14BrN3OS/c1-8-7-9(2)17-11(3-5-15-17)16(8)13(18)12-10(14)4-6-19-12/h3-6,8-9H,7H2,1-2H3/t8-,9-/m0/s1. The lowest BCUT2D eigenvalue weighted by molar-refractivity contribution is 0.0970. The van der Waals surface area contributed by atoms with Gasteiger partial charge in [-0.25, -0.2) is 4.68 Å². The van der Waals surface area contributed by atoms with Crippen LogP contribution in [0.3, 0.4) is 0 Å². The molecule has 0 saturated carbocycles. The Labute approximate surface area is 124 Å². The first-order valence-electron chi connectivity index (χ1n) is 6.19. The maximum absolute atomic E-state index is 12.7. The molecule has 100 valence electrons. The third kappa shape index (κ3) is 2.03. The van der Waals surface area contributed by atoms with Gasteiger partial charge in [-0.15, -0.1) is 11.3 Å². The van der Waals surface area contributed by atoms with Crippen LogP contribution in [-0.2, 0) is 0 Å². The lowest BCUT2D eigenvalue weighted by atomic mass is 10.1. The van der Waals surface area contributed by atoms with E-state index in [1.165, 1.54) is 11.3 Å². The summed E-state index contributed by atoms with van der Waals surface area (Å²) >= 11 is 4.90. The quantitative estimate of drug-likeness (QED) is 0.794. The molecular weight excluding hydrogens is 326 g/mol. The van der Waals surface area contributed by atoms with Gasteiger partial charge >= 0.3 is 0 Å². The molecule has 3 rings (SSSR count). The molecule has 1 amide bonds. The number of fused-ring (bicyclic) bond motifs is 1. The molecule has 1 aliphatic heterocycles. The first-order valence-corrected chi connectivity index (χ1v) is 7.87. The number of carbonyl (C=O) groups is 1. The van der Waals surface area contributed by atoms with E-state index in [0.29, 0.717) is 6.04 Å². The Morgan fingerprint density at radius 3 is 2.89 bits per heavy atom.